The lowest BCUT2D eigenvalue weighted by Gasteiger charge is -2.03. The van der Waals surface area contributed by atoms with Crippen molar-refractivity contribution in [3.05, 3.63) is 39.6 Å². The highest BCUT2D eigenvalue weighted by Crippen LogP contribution is 2.19. The molecular formula is C14H12N4O4S. The number of benzene rings is 1. The van der Waals surface area contributed by atoms with Crippen LogP contribution in [0.2, 0.25) is 0 Å². The number of rotatable bonds is 5. The molecule has 0 aliphatic heterocycles. The van der Waals surface area contributed by atoms with Gasteiger partial charge in [-0.3, -0.25) is 9.59 Å². The predicted octanol–water partition coefficient (Wildman–Crippen LogP) is 1.24. The second-order valence-electron chi connectivity index (χ2n) is 4.57. The van der Waals surface area contributed by atoms with Crippen molar-refractivity contribution in [2.45, 2.75) is 13.3 Å². The Kier molecular flexibility index (Phi) is 4.02. The van der Waals surface area contributed by atoms with Gasteiger partial charge in [-0.2, -0.15) is 9.61 Å². The molecule has 0 unspecified atom stereocenters. The minimum atomic E-state index is -1.02. The number of carboxylic acids is 1. The molecule has 0 saturated carbocycles. The average molecular weight is 332 g/mol. The second-order valence-corrected chi connectivity index (χ2v) is 5.61. The first-order valence-electron chi connectivity index (χ1n) is 6.79. The normalized spacial score (nSPS) is 10.8. The Hall–Kier alpha value is -2.81. The molecule has 0 radical (unpaired) electrons. The van der Waals surface area contributed by atoms with E-state index in [4.69, 9.17) is 9.84 Å². The molecule has 0 bridgehead atoms. The summed E-state index contributed by atoms with van der Waals surface area (Å²) >= 11 is 1.03. The van der Waals surface area contributed by atoms with Crippen LogP contribution in [-0.4, -0.2) is 37.5 Å². The lowest BCUT2D eigenvalue weighted by Crippen LogP contribution is -2.19. The molecule has 0 spiro atoms. The Labute approximate surface area is 134 Å². The van der Waals surface area contributed by atoms with Crippen LogP contribution in [0.4, 0.5) is 0 Å². The van der Waals surface area contributed by atoms with Crippen molar-refractivity contribution in [3.63, 3.8) is 0 Å². The molecule has 8 nitrogen and oxygen atoms in total. The third-order valence-electron chi connectivity index (χ3n) is 2.97. The number of ether oxygens (including phenoxy) is 1. The van der Waals surface area contributed by atoms with Gasteiger partial charge in [0, 0.05) is 5.56 Å². The fraction of sp³-hybridized carbons (Fsp3) is 0.214. The number of hydrogen-bond acceptors (Lipinski definition) is 7. The van der Waals surface area contributed by atoms with Crippen LogP contribution in [0.5, 0.6) is 5.75 Å². The van der Waals surface area contributed by atoms with Crippen LogP contribution < -0.4 is 10.3 Å². The van der Waals surface area contributed by atoms with Crippen LogP contribution in [0.3, 0.4) is 0 Å². The first-order valence-corrected chi connectivity index (χ1v) is 7.60. The van der Waals surface area contributed by atoms with Crippen molar-refractivity contribution in [1.82, 2.24) is 19.8 Å². The molecule has 3 aromatic rings. The van der Waals surface area contributed by atoms with E-state index in [9.17, 15) is 9.59 Å². The monoisotopic (exact) mass is 332 g/mol. The lowest BCUT2D eigenvalue weighted by molar-refractivity contribution is -0.136. The van der Waals surface area contributed by atoms with E-state index in [-0.39, 0.29) is 17.1 Å². The summed E-state index contributed by atoms with van der Waals surface area (Å²) in [6.07, 6.45) is -0.258. The van der Waals surface area contributed by atoms with Gasteiger partial charge in [-0.15, -0.1) is 10.2 Å². The van der Waals surface area contributed by atoms with Gasteiger partial charge in [0.2, 0.25) is 4.96 Å². The molecule has 0 fully saturated rings. The Morgan fingerprint density at radius 3 is 2.70 bits per heavy atom. The summed E-state index contributed by atoms with van der Waals surface area (Å²) in [5, 5.41) is 21.0. The van der Waals surface area contributed by atoms with E-state index in [0.717, 1.165) is 15.9 Å². The van der Waals surface area contributed by atoms with E-state index < -0.39 is 11.5 Å². The van der Waals surface area contributed by atoms with E-state index in [1.807, 2.05) is 6.92 Å². The number of nitrogens with zero attached hydrogens (tertiary/aromatic N) is 4. The largest absolute Gasteiger partial charge is 0.494 e. The van der Waals surface area contributed by atoms with Gasteiger partial charge in [-0.25, -0.2) is 0 Å². The third kappa shape index (κ3) is 3.04. The Morgan fingerprint density at radius 1 is 1.30 bits per heavy atom. The Bertz CT molecular complexity index is 917. The summed E-state index contributed by atoms with van der Waals surface area (Å²) in [6.45, 7) is 2.44. The van der Waals surface area contributed by atoms with Crippen LogP contribution in [0.25, 0.3) is 16.2 Å². The molecule has 0 saturated heterocycles. The van der Waals surface area contributed by atoms with Gasteiger partial charge in [0.15, 0.2) is 5.69 Å². The van der Waals surface area contributed by atoms with Gasteiger partial charge in [-0.1, -0.05) is 11.3 Å². The first-order chi connectivity index (χ1) is 11.1. The molecule has 0 amide bonds. The lowest BCUT2D eigenvalue weighted by atomic mass is 10.1. The summed E-state index contributed by atoms with van der Waals surface area (Å²) in [4.78, 5) is 23.5. The highest BCUT2D eigenvalue weighted by molar-refractivity contribution is 7.16. The summed E-state index contributed by atoms with van der Waals surface area (Å²) in [6, 6.07) is 6.91. The highest BCUT2D eigenvalue weighted by atomic mass is 32.1. The van der Waals surface area contributed by atoms with Crippen molar-refractivity contribution in [2.75, 3.05) is 6.61 Å². The van der Waals surface area contributed by atoms with Gasteiger partial charge >= 0.3 is 11.5 Å². The van der Waals surface area contributed by atoms with E-state index in [1.165, 1.54) is 0 Å². The predicted molar refractivity (Wildman–Crippen MR) is 82.9 cm³/mol. The molecule has 2 aromatic heterocycles. The average Bonchev–Trinajstić information content (AvgIpc) is 2.92. The van der Waals surface area contributed by atoms with Crippen LogP contribution in [0, 0.1) is 0 Å². The van der Waals surface area contributed by atoms with Crippen LogP contribution in [0.1, 0.15) is 11.9 Å². The molecule has 3 rings (SSSR count). The molecule has 2 heterocycles. The van der Waals surface area contributed by atoms with Gasteiger partial charge in [-0.05, 0) is 31.2 Å². The molecule has 9 heteroatoms. The number of carbonyl (C=O) groups is 1. The van der Waals surface area contributed by atoms with Gasteiger partial charge in [0.1, 0.15) is 10.8 Å². The highest BCUT2D eigenvalue weighted by Gasteiger charge is 2.15. The molecule has 0 atom stereocenters. The Balaban J connectivity index is 2.02. The molecule has 0 aliphatic carbocycles. The maximum Gasteiger partial charge on any atom is 0.310 e. The molecule has 1 N–H and O–H groups in total. The summed E-state index contributed by atoms with van der Waals surface area (Å²) in [7, 11) is 0. The maximum absolute atomic E-state index is 12.5. The van der Waals surface area contributed by atoms with Crippen LogP contribution in [-0.2, 0) is 11.2 Å². The molecule has 118 valence electrons. The van der Waals surface area contributed by atoms with Gasteiger partial charge in [0.25, 0.3) is 0 Å². The number of hydrogen-bond donors (Lipinski definition) is 1. The van der Waals surface area contributed by atoms with E-state index in [1.54, 1.807) is 24.3 Å². The van der Waals surface area contributed by atoms with E-state index >= 15 is 0 Å². The summed E-state index contributed by atoms with van der Waals surface area (Å²) in [5.74, 6) is -0.320. The van der Waals surface area contributed by atoms with E-state index in [0.29, 0.717) is 22.9 Å². The SMILES string of the molecule is CCOc1ccc(-c2nnc3sc(CC(=O)O)nn3c2=O)cc1. The molecule has 23 heavy (non-hydrogen) atoms. The number of fused-ring (bicyclic) bond motifs is 1. The topological polar surface area (TPSA) is 107 Å². The van der Waals surface area contributed by atoms with Crippen LogP contribution >= 0.6 is 11.3 Å². The fourth-order valence-corrected chi connectivity index (χ4v) is 2.83. The van der Waals surface area contributed by atoms with Crippen molar-refractivity contribution >= 4 is 22.3 Å². The minimum absolute atomic E-state index is 0.151. The summed E-state index contributed by atoms with van der Waals surface area (Å²) < 4.78 is 6.44. The standard InChI is InChI=1S/C14H12N4O4S/c1-2-22-9-5-3-8(4-6-9)12-13(21)18-14(16-15-12)23-10(17-18)7-11(19)20/h3-6H,2,7H2,1H3,(H,19,20). The zero-order chi connectivity index (χ0) is 16.4. The zero-order valence-electron chi connectivity index (χ0n) is 12.1. The smallest absolute Gasteiger partial charge is 0.310 e. The third-order valence-corrected chi connectivity index (χ3v) is 3.87. The minimum Gasteiger partial charge on any atom is -0.494 e. The number of aliphatic carboxylic acids is 1. The van der Waals surface area contributed by atoms with Crippen molar-refractivity contribution in [2.24, 2.45) is 0 Å². The second kappa shape index (κ2) is 6.13. The van der Waals surface area contributed by atoms with Crippen molar-refractivity contribution < 1.29 is 14.6 Å². The molecule has 0 aliphatic rings. The molecule has 1 aromatic carbocycles. The van der Waals surface area contributed by atoms with Gasteiger partial charge in [0.05, 0.1) is 13.0 Å². The van der Waals surface area contributed by atoms with Crippen LogP contribution in [0.15, 0.2) is 29.1 Å². The summed E-state index contributed by atoms with van der Waals surface area (Å²) in [5.41, 5.74) is 0.304. The number of carboxylic acid groups (broad SMARTS) is 1. The van der Waals surface area contributed by atoms with E-state index in [2.05, 4.69) is 15.3 Å². The van der Waals surface area contributed by atoms with Crippen molar-refractivity contribution in [3.8, 4) is 17.0 Å². The van der Waals surface area contributed by atoms with Crippen molar-refractivity contribution in [1.29, 1.82) is 0 Å². The quantitative estimate of drug-likeness (QED) is 0.749. The first kappa shape index (κ1) is 15.1. The fourth-order valence-electron chi connectivity index (χ4n) is 2.01. The van der Waals surface area contributed by atoms with Gasteiger partial charge < -0.3 is 9.84 Å². The molecular weight excluding hydrogens is 320 g/mol. The Morgan fingerprint density at radius 2 is 2.04 bits per heavy atom. The maximum atomic E-state index is 12.5. The zero-order valence-corrected chi connectivity index (χ0v) is 12.9. The number of aromatic nitrogens is 4.